The van der Waals surface area contributed by atoms with Gasteiger partial charge in [-0.15, -0.1) is 0 Å². The van der Waals surface area contributed by atoms with Crippen molar-refractivity contribution in [3.63, 3.8) is 0 Å². The minimum absolute atomic E-state index is 0.807. The molecule has 0 saturated heterocycles. The fourth-order valence-electron chi connectivity index (χ4n) is 6.28. The highest BCUT2D eigenvalue weighted by molar-refractivity contribution is 6.08. The highest BCUT2D eigenvalue weighted by Crippen LogP contribution is 2.43. The molecule has 4 aromatic heterocycles. The van der Waals surface area contributed by atoms with Gasteiger partial charge in [-0.05, 0) is 82.9 Å². The zero-order valence-electron chi connectivity index (χ0n) is 24.1. The topological polar surface area (TPSA) is 55.3 Å². The molecule has 9 aromatic rings. The van der Waals surface area contributed by atoms with Crippen LogP contribution in [-0.4, -0.2) is 9.97 Å². The van der Waals surface area contributed by atoms with Crippen LogP contribution in [0.3, 0.4) is 0 Å². The van der Waals surface area contributed by atoms with E-state index in [4.69, 9.17) is 8.83 Å². The molecule has 0 amide bonds. The van der Waals surface area contributed by atoms with Crippen molar-refractivity contribution in [2.75, 3.05) is 4.90 Å². The number of hydrogen-bond donors (Lipinski definition) is 0. The van der Waals surface area contributed by atoms with Crippen molar-refractivity contribution < 1.29 is 8.83 Å². The number of benzene rings is 5. The summed E-state index contributed by atoms with van der Waals surface area (Å²) >= 11 is 0. The van der Waals surface area contributed by atoms with E-state index in [1.54, 1.807) is 12.4 Å². The van der Waals surface area contributed by atoms with Crippen molar-refractivity contribution in [1.82, 2.24) is 9.97 Å². The molecule has 9 rings (SSSR count). The Morgan fingerprint density at radius 2 is 0.933 bits per heavy atom. The summed E-state index contributed by atoms with van der Waals surface area (Å²) < 4.78 is 12.5. The molecule has 0 fully saturated rings. The summed E-state index contributed by atoms with van der Waals surface area (Å²) in [6.45, 7) is 0. The lowest BCUT2D eigenvalue weighted by atomic mass is 9.97. The Hall–Kier alpha value is -6.20. The Balaban J connectivity index is 1.32. The summed E-state index contributed by atoms with van der Waals surface area (Å²) in [5, 5.41) is 4.03. The second-order valence-corrected chi connectivity index (χ2v) is 11.1. The average Bonchev–Trinajstić information content (AvgIpc) is 3.67. The second-order valence-electron chi connectivity index (χ2n) is 11.1. The van der Waals surface area contributed by atoms with Gasteiger partial charge in [-0.3, -0.25) is 9.97 Å². The van der Waals surface area contributed by atoms with Crippen LogP contribution in [0.25, 0.3) is 66.1 Å². The van der Waals surface area contributed by atoms with E-state index in [-0.39, 0.29) is 0 Å². The van der Waals surface area contributed by atoms with Crippen LogP contribution < -0.4 is 4.90 Å². The van der Waals surface area contributed by atoms with Gasteiger partial charge in [-0.1, -0.05) is 60.7 Å². The first-order valence-corrected chi connectivity index (χ1v) is 14.9. The van der Waals surface area contributed by atoms with Gasteiger partial charge < -0.3 is 13.7 Å². The SMILES string of the molecule is c1ccc(-c2cc(-c3ccccc3)cc(N(c3ccc4c(c3)oc3ccncc34)c3ccc4oc5ccncc5c4c3)c2)cc1. The number of hydrogen-bond acceptors (Lipinski definition) is 5. The number of pyridine rings is 2. The molecule has 0 aliphatic carbocycles. The zero-order chi connectivity index (χ0) is 29.7. The number of rotatable bonds is 5. The van der Waals surface area contributed by atoms with Gasteiger partial charge in [0.1, 0.15) is 22.3 Å². The molecule has 4 heterocycles. The van der Waals surface area contributed by atoms with E-state index in [1.165, 1.54) is 0 Å². The van der Waals surface area contributed by atoms with Crippen molar-refractivity contribution in [3.8, 4) is 22.3 Å². The molecule has 5 heteroatoms. The number of aromatic nitrogens is 2. The average molecular weight is 580 g/mol. The highest BCUT2D eigenvalue weighted by Gasteiger charge is 2.19. The van der Waals surface area contributed by atoms with Gasteiger partial charge >= 0.3 is 0 Å². The van der Waals surface area contributed by atoms with Crippen LogP contribution in [0.1, 0.15) is 0 Å². The van der Waals surface area contributed by atoms with Gasteiger partial charge in [0.25, 0.3) is 0 Å². The molecule has 5 aromatic carbocycles. The smallest absolute Gasteiger partial charge is 0.138 e. The Morgan fingerprint density at radius 1 is 0.378 bits per heavy atom. The number of anilines is 3. The minimum atomic E-state index is 0.807. The zero-order valence-corrected chi connectivity index (χ0v) is 24.1. The van der Waals surface area contributed by atoms with Gasteiger partial charge in [-0.2, -0.15) is 0 Å². The molecule has 0 unspecified atom stereocenters. The Labute approximate surface area is 258 Å². The molecule has 5 nitrogen and oxygen atoms in total. The molecular formula is C40H25N3O2. The van der Waals surface area contributed by atoms with Crippen molar-refractivity contribution in [1.29, 1.82) is 0 Å². The fourth-order valence-corrected chi connectivity index (χ4v) is 6.28. The Morgan fingerprint density at radius 3 is 1.60 bits per heavy atom. The van der Waals surface area contributed by atoms with E-state index in [0.29, 0.717) is 0 Å². The van der Waals surface area contributed by atoms with E-state index < -0.39 is 0 Å². The Kier molecular flexibility index (Phi) is 5.74. The molecular weight excluding hydrogens is 554 g/mol. The van der Waals surface area contributed by atoms with Gasteiger partial charge in [0.05, 0.1) is 0 Å². The van der Waals surface area contributed by atoms with E-state index in [9.17, 15) is 0 Å². The fraction of sp³-hybridized carbons (Fsp3) is 0. The van der Waals surface area contributed by atoms with Crippen molar-refractivity contribution >= 4 is 60.9 Å². The number of furan rings is 2. The van der Waals surface area contributed by atoms with E-state index in [1.807, 2.05) is 30.6 Å². The van der Waals surface area contributed by atoms with Crippen LogP contribution in [0.5, 0.6) is 0 Å². The maximum Gasteiger partial charge on any atom is 0.138 e. The molecule has 0 bridgehead atoms. The van der Waals surface area contributed by atoms with Gasteiger partial charge in [0, 0.05) is 69.5 Å². The lowest BCUT2D eigenvalue weighted by Crippen LogP contribution is -2.10. The summed E-state index contributed by atoms with van der Waals surface area (Å²) in [5.41, 5.74) is 10.8. The molecule has 0 saturated carbocycles. The lowest BCUT2D eigenvalue weighted by molar-refractivity contribution is 0.668. The summed E-state index contributed by atoms with van der Waals surface area (Å²) in [6, 6.07) is 44.4. The first kappa shape index (κ1) is 25.3. The summed E-state index contributed by atoms with van der Waals surface area (Å²) in [4.78, 5) is 11.0. The van der Waals surface area contributed by atoms with E-state index in [2.05, 4.69) is 124 Å². The van der Waals surface area contributed by atoms with Crippen LogP contribution in [0.15, 0.2) is 161 Å². The summed E-state index contributed by atoms with van der Waals surface area (Å²) in [6.07, 6.45) is 7.25. The normalized spacial score (nSPS) is 11.6. The van der Waals surface area contributed by atoms with Gasteiger partial charge in [0.15, 0.2) is 0 Å². The van der Waals surface area contributed by atoms with Gasteiger partial charge in [-0.25, -0.2) is 0 Å². The third kappa shape index (κ3) is 4.33. The molecule has 0 aliphatic heterocycles. The van der Waals surface area contributed by atoms with Crippen molar-refractivity contribution in [2.24, 2.45) is 0 Å². The largest absolute Gasteiger partial charge is 0.456 e. The summed E-state index contributed by atoms with van der Waals surface area (Å²) in [7, 11) is 0. The van der Waals surface area contributed by atoms with Crippen LogP contribution >= 0.6 is 0 Å². The third-order valence-electron chi connectivity index (χ3n) is 8.42. The third-order valence-corrected chi connectivity index (χ3v) is 8.42. The molecule has 0 N–H and O–H groups in total. The first-order valence-electron chi connectivity index (χ1n) is 14.9. The first-order chi connectivity index (χ1) is 22.3. The molecule has 0 radical (unpaired) electrons. The Bertz CT molecular complexity index is 2440. The molecule has 0 spiro atoms. The van der Waals surface area contributed by atoms with Crippen LogP contribution in [0, 0.1) is 0 Å². The molecule has 212 valence electrons. The monoisotopic (exact) mass is 579 g/mol. The maximum atomic E-state index is 6.33. The van der Waals surface area contributed by atoms with Crippen LogP contribution in [0.2, 0.25) is 0 Å². The maximum absolute atomic E-state index is 6.33. The highest BCUT2D eigenvalue weighted by atomic mass is 16.3. The van der Waals surface area contributed by atoms with E-state index >= 15 is 0 Å². The number of nitrogens with zero attached hydrogens (tertiary/aromatic N) is 3. The standard InChI is InChI=1S/C40H25N3O2/c1-3-7-26(8-4-1)28-19-29(27-9-5-2-6-10-27)21-32(20-28)43(30-12-14-37-34(22-30)36-25-42-18-16-39(36)44-37)31-11-13-33-35-24-41-17-15-38(35)45-40(33)23-31/h1-25H. The predicted molar refractivity (Wildman–Crippen MR) is 182 cm³/mol. The molecule has 0 aliphatic rings. The quantitative estimate of drug-likeness (QED) is 0.203. The minimum Gasteiger partial charge on any atom is -0.456 e. The van der Waals surface area contributed by atoms with Crippen molar-refractivity contribution in [3.05, 3.63) is 152 Å². The molecule has 0 atom stereocenters. The molecule has 45 heavy (non-hydrogen) atoms. The van der Waals surface area contributed by atoms with Crippen molar-refractivity contribution in [2.45, 2.75) is 0 Å². The van der Waals surface area contributed by atoms with Crippen LogP contribution in [0.4, 0.5) is 17.1 Å². The summed E-state index contributed by atoms with van der Waals surface area (Å²) in [5.74, 6) is 0. The predicted octanol–water partition coefficient (Wildman–Crippen LogP) is 11.1. The lowest BCUT2D eigenvalue weighted by Gasteiger charge is -2.27. The second kappa shape index (κ2) is 10.2. The van der Waals surface area contributed by atoms with E-state index in [0.717, 1.165) is 83.2 Å². The van der Waals surface area contributed by atoms with Crippen LogP contribution in [-0.2, 0) is 0 Å². The van der Waals surface area contributed by atoms with Gasteiger partial charge in [0.2, 0.25) is 0 Å². The number of fused-ring (bicyclic) bond motifs is 6.